The molecular formula is C26H24N4O5S2. The second kappa shape index (κ2) is 9.27. The van der Waals surface area contributed by atoms with Crippen molar-refractivity contribution in [3.05, 3.63) is 96.3 Å². The molecule has 9 nitrogen and oxygen atoms in total. The van der Waals surface area contributed by atoms with Crippen LogP contribution in [-0.4, -0.2) is 28.4 Å². The van der Waals surface area contributed by atoms with Crippen LogP contribution in [0.5, 0.6) is 0 Å². The Morgan fingerprint density at radius 1 is 0.865 bits per heavy atom. The smallest absolute Gasteiger partial charge is 0.238 e. The summed E-state index contributed by atoms with van der Waals surface area (Å²) < 4.78 is 53.6. The molecule has 0 saturated heterocycles. The average Bonchev–Trinajstić information content (AvgIpc) is 3.38. The minimum atomic E-state index is -3.93. The number of amidine groups is 1. The predicted octanol–water partition coefficient (Wildman–Crippen LogP) is 3.94. The van der Waals surface area contributed by atoms with Gasteiger partial charge in [0, 0.05) is 11.3 Å². The van der Waals surface area contributed by atoms with Gasteiger partial charge >= 0.3 is 0 Å². The average molecular weight is 537 g/mol. The van der Waals surface area contributed by atoms with E-state index in [2.05, 4.69) is 4.99 Å². The molecule has 0 saturated carbocycles. The molecule has 1 aliphatic rings. The first-order chi connectivity index (χ1) is 17.6. The van der Waals surface area contributed by atoms with Gasteiger partial charge in [-0.1, -0.05) is 43.3 Å². The van der Waals surface area contributed by atoms with Crippen molar-refractivity contribution >= 4 is 37.3 Å². The van der Waals surface area contributed by atoms with Crippen molar-refractivity contribution in [1.82, 2.24) is 0 Å². The third-order valence-electron chi connectivity index (χ3n) is 6.20. The molecule has 0 fully saturated rings. The first kappa shape index (κ1) is 24.9. The number of rotatable bonds is 6. The van der Waals surface area contributed by atoms with Gasteiger partial charge in [-0.3, -0.25) is 0 Å². The van der Waals surface area contributed by atoms with Crippen LogP contribution in [0.15, 0.2) is 104 Å². The molecule has 0 spiro atoms. The summed E-state index contributed by atoms with van der Waals surface area (Å²) in [7, 11) is -7.20. The summed E-state index contributed by atoms with van der Waals surface area (Å²) in [5, 5.41) is 5.34. The zero-order chi connectivity index (χ0) is 26.4. The Morgan fingerprint density at radius 2 is 1.51 bits per heavy atom. The monoisotopic (exact) mass is 536 g/mol. The van der Waals surface area contributed by atoms with Crippen LogP contribution in [0.25, 0.3) is 11.1 Å². The summed E-state index contributed by atoms with van der Waals surface area (Å²) >= 11 is 0. The molecule has 1 aromatic heterocycles. The third kappa shape index (κ3) is 4.69. The zero-order valence-corrected chi connectivity index (χ0v) is 21.4. The minimum Gasteiger partial charge on any atom is -0.446 e. The molecule has 4 aromatic rings. The van der Waals surface area contributed by atoms with E-state index in [9.17, 15) is 16.8 Å². The number of nitrogens with two attached hydrogens (primary N) is 2. The first-order valence-corrected chi connectivity index (χ1v) is 14.6. The molecule has 0 radical (unpaired) electrons. The van der Waals surface area contributed by atoms with E-state index in [4.69, 9.17) is 15.3 Å². The lowest BCUT2D eigenvalue weighted by molar-refractivity contribution is 0.565. The van der Waals surface area contributed by atoms with Gasteiger partial charge in [-0.15, -0.1) is 0 Å². The van der Waals surface area contributed by atoms with Crippen LogP contribution in [0.4, 0.5) is 11.6 Å². The third-order valence-corrected chi connectivity index (χ3v) is 8.86. The van der Waals surface area contributed by atoms with Crippen LogP contribution in [0.1, 0.15) is 24.2 Å². The molecule has 4 N–H and O–H groups in total. The molecule has 190 valence electrons. The van der Waals surface area contributed by atoms with Crippen LogP contribution in [0.3, 0.4) is 0 Å². The fourth-order valence-electron chi connectivity index (χ4n) is 4.18. The number of sulfone groups is 1. The summed E-state index contributed by atoms with van der Waals surface area (Å²) in [6.07, 6.45) is 0.852. The number of aliphatic imine (C=N–C) groups is 1. The highest BCUT2D eigenvalue weighted by Crippen LogP contribution is 2.38. The van der Waals surface area contributed by atoms with Crippen LogP contribution < -0.4 is 15.8 Å². The number of furan rings is 1. The number of fused-ring (bicyclic) bond motifs is 1. The Hall–Kier alpha value is -3.77. The van der Waals surface area contributed by atoms with E-state index in [1.807, 2.05) is 24.3 Å². The molecule has 1 atom stereocenters. The highest BCUT2D eigenvalue weighted by molar-refractivity contribution is 7.91. The van der Waals surface area contributed by atoms with E-state index in [0.717, 1.165) is 11.1 Å². The SMILES string of the molecule is CCS(=O)(=O)c1ccc(-c2ccc(N3C(c4cccc(S(N)(=O)=O)c4)=Nc4occc4C3N)cc2)cc1. The molecule has 1 unspecified atom stereocenters. The van der Waals surface area contributed by atoms with E-state index >= 15 is 0 Å². The van der Waals surface area contributed by atoms with Gasteiger partial charge < -0.3 is 15.1 Å². The molecule has 2 heterocycles. The Morgan fingerprint density at radius 3 is 2.14 bits per heavy atom. The summed E-state index contributed by atoms with van der Waals surface area (Å²) in [5.41, 5.74) is 10.3. The van der Waals surface area contributed by atoms with E-state index in [1.165, 1.54) is 18.4 Å². The first-order valence-electron chi connectivity index (χ1n) is 11.4. The molecule has 0 amide bonds. The van der Waals surface area contributed by atoms with Crippen molar-refractivity contribution in [3.63, 3.8) is 0 Å². The zero-order valence-electron chi connectivity index (χ0n) is 19.8. The van der Waals surface area contributed by atoms with E-state index in [1.54, 1.807) is 54.3 Å². The summed E-state index contributed by atoms with van der Waals surface area (Å²) in [6.45, 7) is 1.61. The van der Waals surface area contributed by atoms with Crippen molar-refractivity contribution in [1.29, 1.82) is 0 Å². The second-order valence-electron chi connectivity index (χ2n) is 8.48. The molecule has 11 heteroatoms. The van der Waals surface area contributed by atoms with Crippen LogP contribution in [-0.2, 0) is 19.9 Å². The lowest BCUT2D eigenvalue weighted by Gasteiger charge is -2.34. The lowest BCUT2D eigenvalue weighted by Crippen LogP contribution is -2.42. The Kier molecular flexibility index (Phi) is 6.24. The van der Waals surface area contributed by atoms with E-state index in [0.29, 0.717) is 28.5 Å². The summed E-state index contributed by atoms with van der Waals surface area (Å²) in [5.74, 6) is 0.792. The maximum atomic E-state index is 12.1. The van der Waals surface area contributed by atoms with Gasteiger partial charge in [-0.05, 0) is 53.6 Å². The van der Waals surface area contributed by atoms with Crippen LogP contribution in [0.2, 0.25) is 0 Å². The topological polar surface area (TPSA) is 149 Å². The lowest BCUT2D eigenvalue weighted by atomic mass is 10.0. The number of anilines is 1. The van der Waals surface area contributed by atoms with E-state index < -0.39 is 26.0 Å². The quantitative estimate of drug-likeness (QED) is 0.379. The minimum absolute atomic E-state index is 0.0412. The van der Waals surface area contributed by atoms with Gasteiger partial charge in [0.1, 0.15) is 12.0 Å². The largest absolute Gasteiger partial charge is 0.446 e. The number of hydrogen-bond donors (Lipinski definition) is 2. The Labute approximate surface area is 215 Å². The van der Waals surface area contributed by atoms with Crippen molar-refractivity contribution in [2.24, 2.45) is 15.9 Å². The normalized spacial score (nSPS) is 15.8. The standard InChI is InChI=1S/C26H24N4O5S2/c1-2-36(31,32)21-12-8-18(9-13-21)17-6-10-20(11-7-17)30-24(27)23-14-15-35-26(23)29-25(30)19-4-3-5-22(16-19)37(28,33)34/h3-16,24H,2,27H2,1H3,(H2,28,33,34). The highest BCUT2D eigenvalue weighted by atomic mass is 32.2. The Bertz CT molecular complexity index is 1710. The van der Waals surface area contributed by atoms with Gasteiger partial charge in [0.2, 0.25) is 15.9 Å². The summed E-state index contributed by atoms with van der Waals surface area (Å²) in [4.78, 5) is 6.66. The molecule has 3 aromatic carbocycles. The van der Waals surface area contributed by atoms with Gasteiger partial charge in [0.05, 0.1) is 27.4 Å². The fraction of sp³-hybridized carbons (Fsp3) is 0.115. The van der Waals surface area contributed by atoms with Crippen molar-refractivity contribution in [2.45, 2.75) is 22.9 Å². The second-order valence-corrected chi connectivity index (χ2v) is 12.3. The van der Waals surface area contributed by atoms with Crippen LogP contribution >= 0.6 is 0 Å². The van der Waals surface area contributed by atoms with Gasteiger partial charge in [0.25, 0.3) is 0 Å². The molecular weight excluding hydrogens is 512 g/mol. The van der Waals surface area contributed by atoms with Crippen molar-refractivity contribution in [2.75, 3.05) is 10.7 Å². The Balaban J connectivity index is 1.54. The van der Waals surface area contributed by atoms with Gasteiger partial charge in [-0.2, -0.15) is 4.99 Å². The molecule has 5 rings (SSSR count). The molecule has 0 bridgehead atoms. The van der Waals surface area contributed by atoms with Gasteiger partial charge in [0.15, 0.2) is 9.84 Å². The predicted molar refractivity (Wildman–Crippen MR) is 142 cm³/mol. The van der Waals surface area contributed by atoms with Crippen molar-refractivity contribution in [3.8, 4) is 11.1 Å². The van der Waals surface area contributed by atoms with Crippen LogP contribution in [0, 0.1) is 0 Å². The molecule has 37 heavy (non-hydrogen) atoms. The van der Waals surface area contributed by atoms with Crippen molar-refractivity contribution < 1.29 is 21.3 Å². The number of hydrogen-bond acceptors (Lipinski definition) is 8. The van der Waals surface area contributed by atoms with Gasteiger partial charge in [-0.25, -0.2) is 22.0 Å². The number of nitrogens with zero attached hydrogens (tertiary/aromatic N) is 2. The maximum Gasteiger partial charge on any atom is 0.238 e. The number of benzene rings is 3. The number of sulfonamides is 1. The summed E-state index contributed by atoms with van der Waals surface area (Å²) in [6, 6.07) is 22.2. The molecule has 0 aliphatic carbocycles. The maximum absolute atomic E-state index is 12.1. The highest BCUT2D eigenvalue weighted by Gasteiger charge is 2.31. The number of primary sulfonamides is 1. The molecule has 1 aliphatic heterocycles. The fourth-order valence-corrected chi connectivity index (χ4v) is 5.63. The van der Waals surface area contributed by atoms with E-state index in [-0.39, 0.29) is 15.5 Å².